The lowest BCUT2D eigenvalue weighted by Crippen LogP contribution is -2.40. The van der Waals surface area contributed by atoms with Gasteiger partial charge in [-0.3, -0.25) is 14.3 Å². The van der Waals surface area contributed by atoms with E-state index in [0.29, 0.717) is 6.54 Å². The number of fused-ring (bicyclic) bond motifs is 2. The first-order valence-electron chi connectivity index (χ1n) is 7.58. The summed E-state index contributed by atoms with van der Waals surface area (Å²) in [7, 11) is 1.87. The van der Waals surface area contributed by atoms with E-state index in [4.69, 9.17) is 0 Å². The van der Waals surface area contributed by atoms with Crippen LogP contribution in [0.2, 0.25) is 0 Å². The third-order valence-electron chi connectivity index (χ3n) is 5.15. The molecule has 0 aliphatic heterocycles. The van der Waals surface area contributed by atoms with Crippen LogP contribution in [0, 0.1) is 37.5 Å². The molecule has 1 saturated carbocycles. The topological polar surface area (TPSA) is 84.2 Å². The molecule has 0 saturated heterocycles. The van der Waals surface area contributed by atoms with E-state index >= 15 is 0 Å². The van der Waals surface area contributed by atoms with Crippen LogP contribution in [0.4, 0.5) is 0 Å². The molecular weight excluding hydrogens is 282 g/mol. The molecule has 2 aliphatic rings. The van der Waals surface area contributed by atoms with Gasteiger partial charge in [-0.25, -0.2) is 0 Å². The number of hydrogen-bond donors (Lipinski definition) is 2. The fourth-order valence-corrected chi connectivity index (χ4v) is 3.88. The lowest BCUT2D eigenvalue weighted by atomic mass is 9.82. The van der Waals surface area contributed by atoms with Gasteiger partial charge < -0.3 is 10.4 Å². The normalized spacial score (nSPS) is 29.0. The number of hydrogen-bond acceptors (Lipinski definition) is 3. The molecule has 1 aromatic rings. The number of carbonyl (C=O) groups excluding carboxylic acids is 1. The summed E-state index contributed by atoms with van der Waals surface area (Å²) in [6, 6.07) is 0. The number of rotatable bonds is 4. The van der Waals surface area contributed by atoms with E-state index in [1.54, 1.807) is 4.68 Å². The van der Waals surface area contributed by atoms with E-state index in [-0.39, 0.29) is 17.7 Å². The molecule has 0 aromatic carbocycles. The lowest BCUT2D eigenvalue weighted by molar-refractivity contribution is -0.147. The van der Waals surface area contributed by atoms with Gasteiger partial charge in [-0.2, -0.15) is 5.10 Å². The number of carbonyl (C=O) groups is 2. The van der Waals surface area contributed by atoms with Gasteiger partial charge in [-0.05, 0) is 32.1 Å². The van der Waals surface area contributed by atoms with Gasteiger partial charge in [0.1, 0.15) is 0 Å². The first-order chi connectivity index (χ1) is 10.4. The van der Waals surface area contributed by atoms with Crippen molar-refractivity contribution in [2.45, 2.75) is 26.8 Å². The largest absolute Gasteiger partial charge is 0.481 e. The van der Waals surface area contributed by atoms with Crippen molar-refractivity contribution in [3.8, 4) is 0 Å². The van der Waals surface area contributed by atoms with Crippen LogP contribution in [0.25, 0.3) is 0 Å². The van der Waals surface area contributed by atoms with Crippen molar-refractivity contribution < 1.29 is 14.7 Å². The average molecular weight is 303 g/mol. The Morgan fingerprint density at radius 1 is 1.32 bits per heavy atom. The fourth-order valence-electron chi connectivity index (χ4n) is 3.88. The minimum absolute atomic E-state index is 0.000106. The molecule has 2 bridgehead atoms. The standard InChI is InChI=1S/C16H21N3O3/c1-8-12(9(2)19(3)18-8)7-17-15(20)13-10-4-5-11(6-10)14(13)16(21)22/h4-5,10-11,13-14H,6-7H2,1-3H3,(H,17,20)(H,21,22). The predicted octanol–water partition coefficient (Wildman–Crippen LogP) is 1.18. The van der Waals surface area contributed by atoms with Crippen molar-refractivity contribution in [1.82, 2.24) is 15.1 Å². The van der Waals surface area contributed by atoms with Crippen LogP contribution in [0.3, 0.4) is 0 Å². The molecule has 1 aromatic heterocycles. The third-order valence-corrected chi connectivity index (χ3v) is 5.15. The van der Waals surface area contributed by atoms with Crippen LogP contribution in [0.15, 0.2) is 12.2 Å². The summed E-state index contributed by atoms with van der Waals surface area (Å²) in [6.45, 7) is 4.27. The van der Waals surface area contributed by atoms with Crippen LogP contribution in [-0.4, -0.2) is 26.8 Å². The minimum Gasteiger partial charge on any atom is -0.481 e. The van der Waals surface area contributed by atoms with Crippen molar-refractivity contribution in [1.29, 1.82) is 0 Å². The summed E-state index contributed by atoms with van der Waals surface area (Å²) in [6.07, 6.45) is 4.72. The van der Waals surface area contributed by atoms with Gasteiger partial charge in [0, 0.05) is 24.8 Å². The van der Waals surface area contributed by atoms with E-state index < -0.39 is 17.8 Å². The number of carboxylic acids is 1. The van der Waals surface area contributed by atoms with Crippen molar-refractivity contribution in [3.05, 3.63) is 29.1 Å². The number of aryl methyl sites for hydroxylation is 2. The zero-order valence-electron chi connectivity index (χ0n) is 13.0. The summed E-state index contributed by atoms with van der Waals surface area (Å²) < 4.78 is 1.79. The van der Waals surface area contributed by atoms with E-state index in [9.17, 15) is 14.7 Å². The van der Waals surface area contributed by atoms with Crippen molar-refractivity contribution in [2.75, 3.05) is 0 Å². The maximum Gasteiger partial charge on any atom is 0.307 e. The quantitative estimate of drug-likeness (QED) is 0.818. The summed E-state index contributed by atoms with van der Waals surface area (Å²) in [4.78, 5) is 24.0. The maximum atomic E-state index is 12.5. The molecule has 22 heavy (non-hydrogen) atoms. The molecule has 4 unspecified atom stereocenters. The van der Waals surface area contributed by atoms with Crippen LogP contribution >= 0.6 is 0 Å². The highest BCUT2D eigenvalue weighted by molar-refractivity contribution is 5.86. The first-order valence-corrected chi connectivity index (χ1v) is 7.58. The van der Waals surface area contributed by atoms with Crippen LogP contribution < -0.4 is 5.32 Å². The molecule has 4 atom stereocenters. The van der Waals surface area contributed by atoms with Gasteiger partial charge in [-0.15, -0.1) is 0 Å². The highest BCUT2D eigenvalue weighted by Crippen LogP contribution is 2.48. The summed E-state index contributed by atoms with van der Waals surface area (Å²) >= 11 is 0. The number of carboxylic acid groups (broad SMARTS) is 1. The predicted molar refractivity (Wildman–Crippen MR) is 79.9 cm³/mol. The van der Waals surface area contributed by atoms with E-state index in [2.05, 4.69) is 10.4 Å². The zero-order chi connectivity index (χ0) is 16.0. The molecule has 118 valence electrons. The highest BCUT2D eigenvalue weighted by Gasteiger charge is 2.51. The van der Waals surface area contributed by atoms with Gasteiger partial charge in [0.05, 0.1) is 17.5 Å². The molecular formula is C16H21N3O3. The SMILES string of the molecule is Cc1nn(C)c(C)c1CNC(=O)C1C2C=CC(C2)C1C(=O)O. The van der Waals surface area contributed by atoms with Gasteiger partial charge in [0.15, 0.2) is 0 Å². The second-order valence-corrected chi connectivity index (χ2v) is 6.33. The Balaban J connectivity index is 1.72. The lowest BCUT2D eigenvalue weighted by Gasteiger charge is -2.23. The van der Waals surface area contributed by atoms with Crippen molar-refractivity contribution in [3.63, 3.8) is 0 Å². The molecule has 0 radical (unpaired) electrons. The number of nitrogens with one attached hydrogen (secondary N) is 1. The second-order valence-electron chi connectivity index (χ2n) is 6.33. The smallest absolute Gasteiger partial charge is 0.307 e. The molecule has 6 heteroatoms. The van der Waals surface area contributed by atoms with E-state index in [1.807, 2.05) is 33.0 Å². The van der Waals surface area contributed by atoms with Crippen LogP contribution in [0.5, 0.6) is 0 Å². The molecule has 1 amide bonds. The van der Waals surface area contributed by atoms with E-state index in [0.717, 1.165) is 23.4 Å². The zero-order valence-corrected chi connectivity index (χ0v) is 13.0. The van der Waals surface area contributed by atoms with E-state index in [1.165, 1.54) is 0 Å². The second kappa shape index (κ2) is 5.26. The van der Waals surface area contributed by atoms with Gasteiger partial charge in [0.25, 0.3) is 0 Å². The molecule has 0 spiro atoms. The number of aliphatic carboxylic acids is 1. The Kier molecular flexibility index (Phi) is 3.54. The number of nitrogens with zero attached hydrogens (tertiary/aromatic N) is 2. The third kappa shape index (κ3) is 2.23. The van der Waals surface area contributed by atoms with Crippen molar-refractivity contribution >= 4 is 11.9 Å². The van der Waals surface area contributed by atoms with Gasteiger partial charge >= 0.3 is 5.97 Å². The Labute approximate surface area is 129 Å². The first kappa shape index (κ1) is 14.8. The van der Waals surface area contributed by atoms with Crippen LogP contribution in [-0.2, 0) is 23.2 Å². The summed E-state index contributed by atoms with van der Waals surface area (Å²) in [5, 5.41) is 16.6. The summed E-state index contributed by atoms with van der Waals surface area (Å²) in [5.41, 5.74) is 2.91. The van der Waals surface area contributed by atoms with Crippen molar-refractivity contribution in [2.24, 2.45) is 30.7 Å². The summed E-state index contributed by atoms with van der Waals surface area (Å²) in [5.74, 6) is -2.02. The molecule has 2 aliphatic carbocycles. The number of amides is 1. The molecule has 1 heterocycles. The Morgan fingerprint density at radius 3 is 2.50 bits per heavy atom. The molecule has 3 rings (SSSR count). The molecule has 6 nitrogen and oxygen atoms in total. The van der Waals surface area contributed by atoms with Crippen LogP contribution in [0.1, 0.15) is 23.4 Å². The number of aromatic nitrogens is 2. The monoisotopic (exact) mass is 303 g/mol. The highest BCUT2D eigenvalue weighted by atomic mass is 16.4. The fraction of sp³-hybridized carbons (Fsp3) is 0.562. The Morgan fingerprint density at radius 2 is 1.95 bits per heavy atom. The Hall–Kier alpha value is -2.11. The van der Waals surface area contributed by atoms with Gasteiger partial charge in [0.2, 0.25) is 5.91 Å². The Bertz CT molecular complexity index is 662. The molecule has 2 N–H and O–H groups in total. The maximum absolute atomic E-state index is 12.5. The minimum atomic E-state index is -0.870. The number of allylic oxidation sites excluding steroid dienone is 2. The van der Waals surface area contributed by atoms with Gasteiger partial charge in [-0.1, -0.05) is 12.2 Å². The molecule has 1 fully saturated rings. The average Bonchev–Trinajstić information content (AvgIpc) is 3.12.